The Hall–Kier alpha value is -1.18. The molecule has 8 heteroatoms. The summed E-state index contributed by atoms with van der Waals surface area (Å²) in [7, 11) is -2.42. The summed E-state index contributed by atoms with van der Waals surface area (Å²) in [5.74, 6) is -0.538. The third kappa shape index (κ3) is 4.71. The number of rotatable bonds is 7. The zero-order chi connectivity index (χ0) is 18.6. The Kier molecular flexibility index (Phi) is 6.82. The lowest BCUT2D eigenvalue weighted by Crippen LogP contribution is -2.41. The lowest BCUT2D eigenvalue weighted by molar-refractivity contribution is 0.359. The highest BCUT2D eigenvalue weighted by atomic mass is 35.5. The molecule has 0 saturated heterocycles. The molecule has 0 aromatic heterocycles. The molecule has 2 aromatic rings. The second-order valence-electron chi connectivity index (χ2n) is 5.48. The Morgan fingerprint density at radius 3 is 2.24 bits per heavy atom. The van der Waals surface area contributed by atoms with Crippen molar-refractivity contribution in [3.8, 4) is 0 Å². The molecule has 0 saturated carbocycles. The molecule has 0 aliphatic rings. The summed E-state index contributed by atoms with van der Waals surface area (Å²) in [5.41, 5.74) is 0.843. The standard InChI is InChI=1S/C17H19Cl2FN2O2S/c1-3-22(11-13-7-4-5-8-15(13)18)25(23,24)21(2)12-14-16(19)9-6-10-17(14)20/h4-10H,3,11-12H2,1-2H3. The second kappa shape index (κ2) is 8.47. The number of hydrogen-bond acceptors (Lipinski definition) is 2. The molecule has 2 rings (SSSR count). The molecule has 0 N–H and O–H groups in total. The summed E-state index contributed by atoms with van der Waals surface area (Å²) in [6.07, 6.45) is 0. The van der Waals surface area contributed by atoms with E-state index in [4.69, 9.17) is 23.2 Å². The maximum absolute atomic E-state index is 13.9. The predicted octanol–water partition coefficient (Wildman–Crippen LogP) is 4.33. The van der Waals surface area contributed by atoms with Crippen molar-refractivity contribution in [2.45, 2.75) is 20.0 Å². The fourth-order valence-electron chi connectivity index (χ4n) is 2.36. The highest BCUT2D eigenvalue weighted by Crippen LogP contribution is 2.24. The molecule has 0 aliphatic carbocycles. The number of hydrogen-bond donors (Lipinski definition) is 0. The maximum Gasteiger partial charge on any atom is 0.282 e. The predicted molar refractivity (Wildman–Crippen MR) is 99.3 cm³/mol. The van der Waals surface area contributed by atoms with Gasteiger partial charge < -0.3 is 0 Å². The molecule has 0 bridgehead atoms. The second-order valence-corrected chi connectivity index (χ2v) is 8.33. The molecule has 136 valence electrons. The molecule has 0 aliphatic heterocycles. The molecule has 25 heavy (non-hydrogen) atoms. The van der Waals surface area contributed by atoms with Gasteiger partial charge in [0, 0.05) is 42.3 Å². The first-order valence-electron chi connectivity index (χ1n) is 7.65. The van der Waals surface area contributed by atoms with Gasteiger partial charge in [-0.25, -0.2) is 4.39 Å². The summed E-state index contributed by atoms with van der Waals surface area (Å²) in [4.78, 5) is 0. The minimum atomic E-state index is -3.82. The van der Waals surface area contributed by atoms with E-state index in [-0.39, 0.29) is 30.2 Å². The van der Waals surface area contributed by atoms with Gasteiger partial charge in [-0.3, -0.25) is 0 Å². The third-order valence-electron chi connectivity index (χ3n) is 3.82. The quantitative estimate of drug-likeness (QED) is 0.688. The van der Waals surface area contributed by atoms with Crippen molar-refractivity contribution in [2.75, 3.05) is 13.6 Å². The van der Waals surface area contributed by atoms with E-state index in [1.807, 2.05) is 0 Å². The number of halogens is 3. The first-order valence-corrected chi connectivity index (χ1v) is 9.80. The van der Waals surface area contributed by atoms with E-state index in [1.54, 1.807) is 31.2 Å². The average Bonchev–Trinajstić information content (AvgIpc) is 2.57. The molecule has 4 nitrogen and oxygen atoms in total. The molecule has 0 amide bonds. The van der Waals surface area contributed by atoms with Crippen LogP contribution in [-0.4, -0.2) is 30.6 Å². The fourth-order valence-corrected chi connectivity index (χ4v) is 4.09. The molecule has 0 heterocycles. The SMILES string of the molecule is CCN(Cc1ccccc1Cl)S(=O)(=O)N(C)Cc1c(F)cccc1Cl. The molecule has 0 unspecified atom stereocenters. The van der Waals surface area contributed by atoms with Crippen molar-refractivity contribution in [1.82, 2.24) is 8.61 Å². The average molecular weight is 405 g/mol. The van der Waals surface area contributed by atoms with Crippen LogP contribution in [-0.2, 0) is 23.3 Å². The Bertz CT molecular complexity index is 826. The summed E-state index contributed by atoms with van der Waals surface area (Å²) >= 11 is 12.1. The van der Waals surface area contributed by atoms with Gasteiger partial charge in [-0.1, -0.05) is 54.4 Å². The van der Waals surface area contributed by atoms with Crippen LogP contribution in [0.3, 0.4) is 0 Å². The van der Waals surface area contributed by atoms with E-state index in [2.05, 4.69) is 0 Å². The lowest BCUT2D eigenvalue weighted by atomic mass is 10.2. The molecular weight excluding hydrogens is 386 g/mol. The van der Waals surface area contributed by atoms with Gasteiger partial charge in [-0.15, -0.1) is 0 Å². The Morgan fingerprint density at radius 1 is 1.00 bits per heavy atom. The van der Waals surface area contributed by atoms with E-state index in [1.165, 1.54) is 29.6 Å². The van der Waals surface area contributed by atoms with Crippen molar-refractivity contribution in [2.24, 2.45) is 0 Å². The van der Waals surface area contributed by atoms with E-state index in [9.17, 15) is 12.8 Å². The highest BCUT2D eigenvalue weighted by Gasteiger charge is 2.27. The zero-order valence-electron chi connectivity index (χ0n) is 13.9. The van der Waals surface area contributed by atoms with Gasteiger partial charge in [0.05, 0.1) is 0 Å². The van der Waals surface area contributed by atoms with Crippen LogP contribution >= 0.6 is 23.2 Å². The maximum atomic E-state index is 13.9. The minimum absolute atomic E-state index is 0.133. The van der Waals surface area contributed by atoms with Crippen molar-refractivity contribution < 1.29 is 12.8 Å². The van der Waals surface area contributed by atoms with Gasteiger partial charge >= 0.3 is 0 Å². The van der Waals surface area contributed by atoms with E-state index >= 15 is 0 Å². The van der Waals surface area contributed by atoms with Crippen LogP contribution < -0.4 is 0 Å². The monoisotopic (exact) mass is 404 g/mol. The topological polar surface area (TPSA) is 40.6 Å². The first-order chi connectivity index (χ1) is 11.8. The molecule has 0 radical (unpaired) electrons. The van der Waals surface area contributed by atoms with Gasteiger partial charge in [0.25, 0.3) is 10.2 Å². The van der Waals surface area contributed by atoms with Gasteiger partial charge in [0.1, 0.15) is 5.82 Å². The van der Waals surface area contributed by atoms with Crippen molar-refractivity contribution in [3.63, 3.8) is 0 Å². The van der Waals surface area contributed by atoms with Crippen molar-refractivity contribution >= 4 is 33.4 Å². The van der Waals surface area contributed by atoms with Crippen LogP contribution in [0.4, 0.5) is 4.39 Å². The number of benzene rings is 2. The largest absolute Gasteiger partial charge is 0.282 e. The zero-order valence-corrected chi connectivity index (χ0v) is 16.2. The van der Waals surface area contributed by atoms with E-state index < -0.39 is 16.0 Å². The Labute approximate surface area is 158 Å². The van der Waals surface area contributed by atoms with Crippen LogP contribution in [0.25, 0.3) is 0 Å². The van der Waals surface area contributed by atoms with E-state index in [0.29, 0.717) is 10.6 Å². The number of nitrogens with zero attached hydrogens (tertiary/aromatic N) is 2. The van der Waals surface area contributed by atoms with E-state index in [0.717, 1.165) is 4.31 Å². The molecule has 0 atom stereocenters. The van der Waals surface area contributed by atoms with Crippen LogP contribution in [0.2, 0.25) is 10.0 Å². The van der Waals surface area contributed by atoms with Crippen LogP contribution in [0.1, 0.15) is 18.1 Å². The van der Waals surface area contributed by atoms with Gasteiger partial charge in [-0.2, -0.15) is 17.0 Å². The summed E-state index contributed by atoms with van der Waals surface area (Å²) in [6, 6.07) is 11.3. The lowest BCUT2D eigenvalue weighted by Gasteiger charge is -2.27. The Morgan fingerprint density at radius 2 is 1.64 bits per heavy atom. The molecular formula is C17H19Cl2FN2O2S. The summed E-state index contributed by atoms with van der Waals surface area (Å²) < 4.78 is 42.0. The normalized spacial score (nSPS) is 12.1. The van der Waals surface area contributed by atoms with Crippen LogP contribution in [0.15, 0.2) is 42.5 Å². The summed E-state index contributed by atoms with van der Waals surface area (Å²) in [5, 5.41) is 0.687. The van der Waals surface area contributed by atoms with Gasteiger partial charge in [0.15, 0.2) is 0 Å². The van der Waals surface area contributed by atoms with Crippen LogP contribution in [0, 0.1) is 5.82 Å². The third-order valence-corrected chi connectivity index (χ3v) is 6.50. The Balaban J connectivity index is 2.24. The van der Waals surface area contributed by atoms with Crippen LogP contribution in [0.5, 0.6) is 0 Å². The van der Waals surface area contributed by atoms with Gasteiger partial charge in [-0.05, 0) is 23.8 Å². The van der Waals surface area contributed by atoms with Crippen molar-refractivity contribution in [1.29, 1.82) is 0 Å². The molecule has 0 spiro atoms. The highest BCUT2D eigenvalue weighted by molar-refractivity contribution is 7.86. The first kappa shape index (κ1) is 20.1. The molecule has 2 aromatic carbocycles. The fraction of sp³-hybridized carbons (Fsp3) is 0.294. The smallest absolute Gasteiger partial charge is 0.207 e. The summed E-state index contributed by atoms with van der Waals surface area (Å²) in [6.45, 7) is 1.96. The van der Waals surface area contributed by atoms with Gasteiger partial charge in [0.2, 0.25) is 0 Å². The molecule has 0 fully saturated rings. The van der Waals surface area contributed by atoms with Crippen molar-refractivity contribution in [3.05, 3.63) is 69.5 Å². The minimum Gasteiger partial charge on any atom is -0.207 e.